The summed E-state index contributed by atoms with van der Waals surface area (Å²) in [7, 11) is 1.33. The molecule has 110 valence electrons. The molecule has 0 amide bonds. The Balaban J connectivity index is 2.43. The topological polar surface area (TPSA) is 64.3 Å². The van der Waals surface area contributed by atoms with Gasteiger partial charge in [0.15, 0.2) is 0 Å². The van der Waals surface area contributed by atoms with Crippen molar-refractivity contribution in [1.29, 1.82) is 0 Å². The molecule has 0 aromatic heterocycles. The van der Waals surface area contributed by atoms with Crippen molar-refractivity contribution in [2.24, 2.45) is 0 Å². The highest BCUT2D eigenvalue weighted by atomic mass is 35.5. The maximum atomic E-state index is 11.8. The molecule has 4 nitrogen and oxygen atoms in total. The van der Waals surface area contributed by atoms with Crippen LogP contribution >= 0.6 is 11.6 Å². The summed E-state index contributed by atoms with van der Waals surface area (Å²) in [6.07, 6.45) is 0. The molecule has 0 radical (unpaired) electrons. The second-order valence-electron chi connectivity index (χ2n) is 4.83. The lowest BCUT2D eigenvalue weighted by Crippen LogP contribution is -2.08. The maximum Gasteiger partial charge on any atom is 0.340 e. The van der Waals surface area contributed by atoms with E-state index in [4.69, 9.17) is 22.1 Å². The summed E-state index contributed by atoms with van der Waals surface area (Å²) in [4.78, 5) is 11.8. The standard InChI is InChI=1S/C16H17ClN2O2/c1-9-4-5-11(17)7-14(9)19-12-6-10(2)15(18)13(8-12)16(20)21-3/h4-8,19H,18H2,1-3H3. The molecule has 2 aromatic rings. The predicted octanol–water partition coefficient (Wildman–Crippen LogP) is 4.07. The number of rotatable bonds is 3. The molecular weight excluding hydrogens is 288 g/mol. The van der Waals surface area contributed by atoms with Gasteiger partial charge in [-0.1, -0.05) is 17.7 Å². The van der Waals surface area contributed by atoms with E-state index in [9.17, 15) is 4.79 Å². The quantitative estimate of drug-likeness (QED) is 0.663. The zero-order valence-corrected chi connectivity index (χ0v) is 12.9. The van der Waals surface area contributed by atoms with Gasteiger partial charge in [0.1, 0.15) is 0 Å². The van der Waals surface area contributed by atoms with Gasteiger partial charge in [0, 0.05) is 22.1 Å². The van der Waals surface area contributed by atoms with Gasteiger partial charge in [0.25, 0.3) is 0 Å². The van der Waals surface area contributed by atoms with Gasteiger partial charge in [-0.25, -0.2) is 4.79 Å². The number of anilines is 3. The van der Waals surface area contributed by atoms with Crippen molar-refractivity contribution in [1.82, 2.24) is 0 Å². The van der Waals surface area contributed by atoms with Crippen LogP contribution in [0.2, 0.25) is 5.02 Å². The number of esters is 1. The van der Waals surface area contributed by atoms with Crippen LogP contribution in [0.25, 0.3) is 0 Å². The third-order valence-corrected chi connectivity index (χ3v) is 3.51. The maximum absolute atomic E-state index is 11.8. The van der Waals surface area contributed by atoms with Crippen molar-refractivity contribution >= 4 is 34.6 Å². The number of nitrogen functional groups attached to an aromatic ring is 1. The number of nitrogens with one attached hydrogen (secondary N) is 1. The Morgan fingerprint density at radius 3 is 2.57 bits per heavy atom. The second-order valence-corrected chi connectivity index (χ2v) is 5.27. The lowest BCUT2D eigenvalue weighted by molar-refractivity contribution is 0.0602. The first kappa shape index (κ1) is 15.2. The molecule has 0 saturated carbocycles. The van der Waals surface area contributed by atoms with Crippen molar-refractivity contribution in [3.63, 3.8) is 0 Å². The number of hydrogen-bond donors (Lipinski definition) is 2. The second kappa shape index (κ2) is 6.06. The molecule has 0 spiro atoms. The smallest absolute Gasteiger partial charge is 0.340 e. The van der Waals surface area contributed by atoms with Crippen molar-refractivity contribution in [3.8, 4) is 0 Å². The number of nitrogens with two attached hydrogens (primary N) is 1. The number of carbonyl (C=O) groups excluding carboxylic acids is 1. The van der Waals surface area contributed by atoms with E-state index in [2.05, 4.69) is 5.32 Å². The highest BCUT2D eigenvalue weighted by molar-refractivity contribution is 6.30. The average Bonchev–Trinajstić information content (AvgIpc) is 2.45. The Morgan fingerprint density at radius 2 is 1.90 bits per heavy atom. The van der Waals surface area contributed by atoms with Gasteiger partial charge in [-0.05, 0) is 49.2 Å². The van der Waals surface area contributed by atoms with Gasteiger partial charge < -0.3 is 15.8 Å². The fraction of sp³-hybridized carbons (Fsp3) is 0.188. The van der Waals surface area contributed by atoms with Crippen molar-refractivity contribution < 1.29 is 9.53 Å². The summed E-state index contributed by atoms with van der Waals surface area (Å²) in [5, 5.41) is 3.89. The van der Waals surface area contributed by atoms with Crippen molar-refractivity contribution in [2.75, 3.05) is 18.2 Å². The Kier molecular flexibility index (Phi) is 4.38. The van der Waals surface area contributed by atoms with Crippen LogP contribution in [0.4, 0.5) is 17.1 Å². The number of hydrogen-bond acceptors (Lipinski definition) is 4. The number of halogens is 1. The van der Waals surface area contributed by atoms with Crippen LogP contribution in [0.3, 0.4) is 0 Å². The summed E-state index contributed by atoms with van der Waals surface area (Å²) in [5.74, 6) is -0.456. The number of ether oxygens (including phenoxy) is 1. The van der Waals surface area contributed by atoms with E-state index in [0.717, 1.165) is 22.5 Å². The largest absolute Gasteiger partial charge is 0.465 e. The summed E-state index contributed by atoms with van der Waals surface area (Å²) in [6, 6.07) is 9.14. The monoisotopic (exact) mass is 304 g/mol. The Hall–Kier alpha value is -2.20. The van der Waals surface area contributed by atoms with Crippen LogP contribution < -0.4 is 11.1 Å². The molecule has 0 aliphatic rings. The highest BCUT2D eigenvalue weighted by Gasteiger charge is 2.14. The molecule has 0 aliphatic carbocycles. The first-order valence-electron chi connectivity index (χ1n) is 6.44. The van der Waals surface area contributed by atoms with Gasteiger partial charge in [0.2, 0.25) is 0 Å². The van der Waals surface area contributed by atoms with Gasteiger partial charge in [-0.3, -0.25) is 0 Å². The fourth-order valence-electron chi connectivity index (χ4n) is 2.03. The lowest BCUT2D eigenvalue weighted by atomic mass is 10.1. The van der Waals surface area contributed by atoms with E-state index in [1.165, 1.54) is 7.11 Å². The average molecular weight is 305 g/mol. The summed E-state index contributed by atoms with van der Waals surface area (Å²) >= 11 is 6.01. The molecule has 0 fully saturated rings. The number of aryl methyl sites for hydroxylation is 2. The fourth-order valence-corrected chi connectivity index (χ4v) is 2.21. The number of carbonyl (C=O) groups is 1. The molecule has 5 heteroatoms. The minimum Gasteiger partial charge on any atom is -0.465 e. The zero-order chi connectivity index (χ0) is 15.6. The third kappa shape index (κ3) is 3.28. The molecule has 0 heterocycles. The molecule has 21 heavy (non-hydrogen) atoms. The zero-order valence-electron chi connectivity index (χ0n) is 12.2. The van der Waals surface area contributed by atoms with E-state index in [1.54, 1.807) is 6.07 Å². The Labute approximate surface area is 128 Å². The van der Waals surface area contributed by atoms with Gasteiger partial charge in [0.05, 0.1) is 12.7 Å². The van der Waals surface area contributed by atoms with Crippen molar-refractivity contribution in [3.05, 3.63) is 52.0 Å². The predicted molar refractivity (Wildman–Crippen MR) is 86.4 cm³/mol. The minimum atomic E-state index is -0.456. The SMILES string of the molecule is COC(=O)c1cc(Nc2cc(Cl)ccc2C)cc(C)c1N. The molecule has 0 atom stereocenters. The number of benzene rings is 2. The van der Waals surface area contributed by atoms with Crippen LogP contribution in [-0.2, 0) is 4.74 Å². The minimum absolute atomic E-state index is 0.347. The molecule has 0 bridgehead atoms. The van der Waals surface area contributed by atoms with Gasteiger partial charge in [-0.2, -0.15) is 0 Å². The van der Waals surface area contributed by atoms with Crippen LogP contribution in [0, 0.1) is 13.8 Å². The Bertz CT molecular complexity index is 699. The molecular formula is C16H17ClN2O2. The summed E-state index contributed by atoms with van der Waals surface area (Å²) in [6.45, 7) is 3.82. The van der Waals surface area contributed by atoms with Crippen LogP contribution in [-0.4, -0.2) is 13.1 Å². The molecule has 2 aromatic carbocycles. The van der Waals surface area contributed by atoms with E-state index < -0.39 is 5.97 Å². The summed E-state index contributed by atoms with van der Waals surface area (Å²) in [5.41, 5.74) is 10.2. The first-order valence-corrected chi connectivity index (χ1v) is 6.81. The first-order chi connectivity index (χ1) is 9.92. The molecule has 3 N–H and O–H groups in total. The van der Waals surface area contributed by atoms with Gasteiger partial charge >= 0.3 is 5.97 Å². The molecule has 2 rings (SSSR count). The molecule has 0 aliphatic heterocycles. The van der Waals surface area contributed by atoms with E-state index in [0.29, 0.717) is 16.3 Å². The van der Waals surface area contributed by atoms with E-state index in [-0.39, 0.29) is 0 Å². The van der Waals surface area contributed by atoms with Crippen LogP contribution in [0.15, 0.2) is 30.3 Å². The van der Waals surface area contributed by atoms with Crippen molar-refractivity contribution in [2.45, 2.75) is 13.8 Å². The van der Waals surface area contributed by atoms with E-state index >= 15 is 0 Å². The highest BCUT2D eigenvalue weighted by Crippen LogP contribution is 2.28. The van der Waals surface area contributed by atoms with Gasteiger partial charge in [-0.15, -0.1) is 0 Å². The number of methoxy groups -OCH3 is 1. The van der Waals surface area contributed by atoms with E-state index in [1.807, 2.05) is 38.1 Å². The lowest BCUT2D eigenvalue weighted by Gasteiger charge is -2.14. The summed E-state index contributed by atoms with van der Waals surface area (Å²) < 4.78 is 4.75. The van der Waals surface area contributed by atoms with Crippen LogP contribution in [0.1, 0.15) is 21.5 Å². The molecule has 0 saturated heterocycles. The molecule has 0 unspecified atom stereocenters. The normalized spacial score (nSPS) is 10.3. The van der Waals surface area contributed by atoms with Crippen LogP contribution in [0.5, 0.6) is 0 Å². The third-order valence-electron chi connectivity index (χ3n) is 3.27. The Morgan fingerprint density at radius 1 is 1.19 bits per heavy atom.